The summed E-state index contributed by atoms with van der Waals surface area (Å²) in [4.78, 5) is 26.1. The molecule has 2 bridgehead atoms. The predicted octanol–water partition coefficient (Wildman–Crippen LogP) is 3.95. The number of nitrogens with zero attached hydrogens (tertiary/aromatic N) is 5. The van der Waals surface area contributed by atoms with E-state index < -0.39 is 11.5 Å². The van der Waals surface area contributed by atoms with Gasteiger partial charge in [0.15, 0.2) is 5.54 Å². The van der Waals surface area contributed by atoms with Crippen molar-refractivity contribution in [2.75, 3.05) is 0 Å². The Hall–Kier alpha value is -4.01. The number of H-pyrrole nitrogens is 1. The molecule has 36 heavy (non-hydrogen) atoms. The van der Waals surface area contributed by atoms with E-state index in [1.54, 1.807) is 4.68 Å². The van der Waals surface area contributed by atoms with Gasteiger partial charge in [0.25, 0.3) is 5.56 Å². The van der Waals surface area contributed by atoms with Crippen molar-refractivity contribution in [1.29, 1.82) is 0 Å². The smallest absolute Gasteiger partial charge is 0.331 e. The van der Waals surface area contributed by atoms with Gasteiger partial charge in [-0.25, -0.2) is 9.48 Å². The maximum absolute atomic E-state index is 13.7. The maximum atomic E-state index is 13.7. The number of aliphatic carboxylic acids is 1. The monoisotopic (exact) mass is 484 g/mol. The Labute approximate surface area is 207 Å². The lowest BCUT2D eigenvalue weighted by molar-refractivity contribution is -0.155. The average molecular weight is 485 g/mol. The van der Waals surface area contributed by atoms with E-state index in [4.69, 9.17) is 0 Å². The predicted molar refractivity (Wildman–Crippen MR) is 134 cm³/mol. The number of rotatable bonds is 7. The number of hydrogen-bond donors (Lipinski definition) is 2. The van der Waals surface area contributed by atoms with Crippen LogP contribution in [-0.4, -0.2) is 41.1 Å². The SMILES string of the molecule is CCCc1c(Cc2ccc(-c3ccccc3-c3nn[nH]n3)cc2)c(=O)n2n1C1(C(=O)O)CCC2CC1. The number of hydrogen-bond acceptors (Lipinski definition) is 5. The number of nitrogens with one attached hydrogen (secondary N) is 1. The Kier molecular flexibility index (Phi) is 5.35. The molecule has 2 aliphatic heterocycles. The van der Waals surface area contributed by atoms with Crippen LogP contribution in [0.15, 0.2) is 53.3 Å². The molecule has 1 saturated carbocycles. The topological polar surface area (TPSA) is 119 Å². The minimum absolute atomic E-state index is 0.0278. The van der Waals surface area contributed by atoms with Crippen molar-refractivity contribution in [1.82, 2.24) is 30.0 Å². The van der Waals surface area contributed by atoms with Gasteiger partial charge < -0.3 is 5.11 Å². The van der Waals surface area contributed by atoms with Gasteiger partial charge >= 0.3 is 5.97 Å². The summed E-state index contributed by atoms with van der Waals surface area (Å²) < 4.78 is 3.65. The van der Waals surface area contributed by atoms with Gasteiger partial charge in [-0.2, -0.15) is 5.21 Å². The summed E-state index contributed by atoms with van der Waals surface area (Å²) in [5.41, 5.74) is 4.51. The molecule has 2 aromatic heterocycles. The van der Waals surface area contributed by atoms with Crippen molar-refractivity contribution in [3.8, 4) is 22.5 Å². The van der Waals surface area contributed by atoms with Crippen LogP contribution in [0.3, 0.4) is 0 Å². The van der Waals surface area contributed by atoms with E-state index in [2.05, 4.69) is 27.5 Å². The van der Waals surface area contributed by atoms with Crippen LogP contribution in [0.1, 0.15) is 61.9 Å². The van der Waals surface area contributed by atoms with Gasteiger partial charge in [0, 0.05) is 23.2 Å². The van der Waals surface area contributed by atoms with Crippen molar-refractivity contribution < 1.29 is 9.90 Å². The first-order valence-corrected chi connectivity index (χ1v) is 12.5. The lowest BCUT2D eigenvalue weighted by atomic mass is 9.77. The third-order valence-corrected chi connectivity index (χ3v) is 7.86. The Bertz CT molecular complexity index is 1470. The quantitative estimate of drug-likeness (QED) is 0.410. The first kappa shape index (κ1) is 22.5. The second-order valence-electron chi connectivity index (χ2n) is 9.86. The Morgan fingerprint density at radius 2 is 1.83 bits per heavy atom. The number of tetrazole rings is 1. The fraction of sp³-hybridized carbons (Fsp3) is 0.370. The number of aromatic nitrogens is 6. The third kappa shape index (κ3) is 3.33. The molecule has 1 fully saturated rings. The molecule has 2 aromatic carbocycles. The number of aromatic amines is 1. The van der Waals surface area contributed by atoms with Crippen LogP contribution in [0.5, 0.6) is 0 Å². The molecule has 184 valence electrons. The van der Waals surface area contributed by atoms with Gasteiger partial charge in [0.2, 0.25) is 5.82 Å². The number of benzene rings is 2. The van der Waals surface area contributed by atoms with Crippen LogP contribution in [0.4, 0.5) is 0 Å². The first-order chi connectivity index (χ1) is 17.5. The molecule has 1 aliphatic carbocycles. The maximum Gasteiger partial charge on any atom is 0.331 e. The summed E-state index contributed by atoms with van der Waals surface area (Å²) in [7, 11) is 0. The van der Waals surface area contributed by atoms with Gasteiger partial charge in [-0.3, -0.25) is 9.48 Å². The zero-order chi connectivity index (χ0) is 24.9. The number of carbonyl (C=O) groups is 1. The molecule has 9 nitrogen and oxygen atoms in total. The van der Waals surface area contributed by atoms with Crippen LogP contribution >= 0.6 is 0 Å². The zero-order valence-corrected chi connectivity index (χ0v) is 20.1. The highest BCUT2D eigenvalue weighted by Crippen LogP contribution is 2.46. The minimum atomic E-state index is -1.00. The first-order valence-electron chi connectivity index (χ1n) is 12.5. The average Bonchev–Trinajstić information content (AvgIpc) is 3.54. The van der Waals surface area contributed by atoms with Gasteiger partial charge in [-0.15, -0.1) is 10.2 Å². The van der Waals surface area contributed by atoms with E-state index in [0.29, 0.717) is 31.5 Å². The molecular formula is C27H28N6O3. The van der Waals surface area contributed by atoms with Crippen molar-refractivity contribution in [2.24, 2.45) is 0 Å². The van der Waals surface area contributed by atoms with Gasteiger partial charge in [-0.05, 0) is 54.0 Å². The second-order valence-corrected chi connectivity index (χ2v) is 9.86. The molecule has 7 rings (SSSR count). The van der Waals surface area contributed by atoms with E-state index in [9.17, 15) is 14.7 Å². The summed E-state index contributed by atoms with van der Waals surface area (Å²) in [6, 6.07) is 16.2. The highest BCUT2D eigenvalue weighted by Gasteiger charge is 2.52. The minimum Gasteiger partial charge on any atom is -0.479 e. The van der Waals surface area contributed by atoms with Crippen molar-refractivity contribution in [3.63, 3.8) is 0 Å². The molecule has 3 aliphatic rings. The highest BCUT2D eigenvalue weighted by molar-refractivity contribution is 5.80. The summed E-state index contributed by atoms with van der Waals surface area (Å²) in [6.07, 6.45) is 4.69. The Balaban J connectivity index is 1.38. The number of carboxylic acid groups (broad SMARTS) is 1. The summed E-state index contributed by atoms with van der Waals surface area (Å²) in [5, 5.41) is 24.6. The fourth-order valence-corrected chi connectivity index (χ4v) is 6.13. The molecule has 0 saturated heterocycles. The molecule has 0 unspecified atom stereocenters. The lowest BCUT2D eigenvalue weighted by Gasteiger charge is -2.47. The van der Waals surface area contributed by atoms with E-state index in [1.807, 2.05) is 53.2 Å². The molecule has 0 atom stereocenters. The number of fused-ring (bicyclic) bond motifs is 2. The summed E-state index contributed by atoms with van der Waals surface area (Å²) in [6.45, 7) is 2.07. The second kappa shape index (κ2) is 8.58. The molecule has 0 amide bonds. The van der Waals surface area contributed by atoms with Crippen LogP contribution in [0.25, 0.3) is 22.5 Å². The van der Waals surface area contributed by atoms with Gasteiger partial charge in [-0.1, -0.05) is 61.9 Å². The Morgan fingerprint density at radius 1 is 1.11 bits per heavy atom. The Morgan fingerprint density at radius 3 is 2.47 bits per heavy atom. The van der Waals surface area contributed by atoms with Crippen LogP contribution in [-0.2, 0) is 23.2 Å². The van der Waals surface area contributed by atoms with Crippen LogP contribution < -0.4 is 5.56 Å². The van der Waals surface area contributed by atoms with Crippen LogP contribution in [0.2, 0.25) is 0 Å². The molecular weight excluding hydrogens is 456 g/mol. The summed E-state index contributed by atoms with van der Waals surface area (Å²) in [5.74, 6) is -0.286. The van der Waals surface area contributed by atoms with Crippen LogP contribution in [0, 0.1) is 0 Å². The van der Waals surface area contributed by atoms with E-state index in [1.165, 1.54) is 0 Å². The third-order valence-electron chi connectivity index (χ3n) is 7.86. The molecule has 4 aromatic rings. The standard InChI is InChI=1S/C27H28N6O3/c1-2-5-23-22(25(34)32-19-12-14-27(15-13-19,26(35)36)33(23)32)16-17-8-10-18(11-9-17)20-6-3-4-7-21(20)24-28-30-31-29-24/h3-4,6-11,19H,2,5,12-16H2,1H3,(H,35,36)(H,28,29,30,31). The largest absolute Gasteiger partial charge is 0.479 e. The molecule has 0 spiro atoms. The molecule has 9 heteroatoms. The fourth-order valence-electron chi connectivity index (χ4n) is 6.13. The zero-order valence-electron chi connectivity index (χ0n) is 20.1. The summed E-state index contributed by atoms with van der Waals surface area (Å²) >= 11 is 0. The lowest BCUT2D eigenvalue weighted by Crippen LogP contribution is -2.55. The molecule has 2 N–H and O–H groups in total. The van der Waals surface area contributed by atoms with E-state index in [-0.39, 0.29) is 11.6 Å². The van der Waals surface area contributed by atoms with Crippen molar-refractivity contribution in [3.05, 3.63) is 75.7 Å². The van der Waals surface area contributed by atoms with Gasteiger partial charge in [0.05, 0.1) is 6.04 Å². The van der Waals surface area contributed by atoms with Crippen molar-refractivity contribution >= 4 is 5.97 Å². The van der Waals surface area contributed by atoms with Crippen molar-refractivity contribution in [2.45, 2.75) is 63.5 Å². The van der Waals surface area contributed by atoms with Gasteiger partial charge in [0.1, 0.15) is 0 Å². The van der Waals surface area contributed by atoms with E-state index in [0.717, 1.165) is 52.8 Å². The highest BCUT2D eigenvalue weighted by atomic mass is 16.4. The molecule has 0 radical (unpaired) electrons. The number of carboxylic acids is 1. The normalized spacial score (nSPS) is 20.4. The van der Waals surface area contributed by atoms with E-state index >= 15 is 0 Å². The molecule has 4 heterocycles.